The van der Waals surface area contributed by atoms with Crippen molar-refractivity contribution in [2.75, 3.05) is 13.2 Å². The summed E-state index contributed by atoms with van der Waals surface area (Å²) in [5.41, 5.74) is 6.67. The van der Waals surface area contributed by atoms with Gasteiger partial charge in [0.15, 0.2) is 0 Å². The molecule has 1 saturated carbocycles. The van der Waals surface area contributed by atoms with Gasteiger partial charge in [0.1, 0.15) is 5.82 Å². The Morgan fingerprint density at radius 1 is 1.24 bits per heavy atom. The SMILES string of the molecule is NCC(OCC1CCCC1)c1ccc(F)cc1. The summed E-state index contributed by atoms with van der Waals surface area (Å²) in [6.07, 6.45) is 5.06. The molecule has 0 amide bonds. The fraction of sp³-hybridized carbons (Fsp3) is 0.571. The van der Waals surface area contributed by atoms with Crippen molar-refractivity contribution in [3.63, 3.8) is 0 Å². The predicted molar refractivity (Wildman–Crippen MR) is 66.1 cm³/mol. The lowest BCUT2D eigenvalue weighted by molar-refractivity contribution is 0.0346. The maximum atomic E-state index is 12.8. The van der Waals surface area contributed by atoms with Crippen LogP contribution in [0.5, 0.6) is 0 Å². The molecule has 1 aromatic carbocycles. The van der Waals surface area contributed by atoms with Crippen molar-refractivity contribution >= 4 is 0 Å². The van der Waals surface area contributed by atoms with Crippen LogP contribution < -0.4 is 5.73 Å². The first-order valence-electron chi connectivity index (χ1n) is 6.36. The van der Waals surface area contributed by atoms with E-state index < -0.39 is 0 Å². The van der Waals surface area contributed by atoms with E-state index in [9.17, 15) is 4.39 Å². The Hall–Kier alpha value is -0.930. The summed E-state index contributed by atoms with van der Waals surface area (Å²) >= 11 is 0. The predicted octanol–water partition coefficient (Wildman–Crippen LogP) is 3.03. The molecule has 1 atom stereocenters. The van der Waals surface area contributed by atoms with E-state index in [0.29, 0.717) is 12.5 Å². The van der Waals surface area contributed by atoms with Crippen molar-refractivity contribution in [1.82, 2.24) is 0 Å². The second-order valence-corrected chi connectivity index (χ2v) is 4.76. The Balaban J connectivity index is 1.89. The quantitative estimate of drug-likeness (QED) is 0.854. The van der Waals surface area contributed by atoms with Gasteiger partial charge in [0.25, 0.3) is 0 Å². The highest BCUT2D eigenvalue weighted by atomic mass is 19.1. The number of hydrogen-bond donors (Lipinski definition) is 1. The highest BCUT2D eigenvalue weighted by Crippen LogP contribution is 2.27. The zero-order chi connectivity index (χ0) is 12.1. The van der Waals surface area contributed by atoms with Gasteiger partial charge in [-0.1, -0.05) is 25.0 Å². The molecule has 3 heteroatoms. The van der Waals surface area contributed by atoms with E-state index in [4.69, 9.17) is 10.5 Å². The smallest absolute Gasteiger partial charge is 0.123 e. The van der Waals surface area contributed by atoms with Gasteiger partial charge in [0.2, 0.25) is 0 Å². The van der Waals surface area contributed by atoms with Gasteiger partial charge in [-0.2, -0.15) is 0 Å². The van der Waals surface area contributed by atoms with Crippen LogP contribution in [0, 0.1) is 11.7 Å². The molecule has 0 aromatic heterocycles. The van der Waals surface area contributed by atoms with Gasteiger partial charge in [-0.05, 0) is 36.5 Å². The third-order valence-corrected chi connectivity index (χ3v) is 3.46. The largest absolute Gasteiger partial charge is 0.372 e. The van der Waals surface area contributed by atoms with Gasteiger partial charge >= 0.3 is 0 Å². The molecule has 0 saturated heterocycles. The Labute approximate surface area is 102 Å². The second-order valence-electron chi connectivity index (χ2n) is 4.76. The molecule has 1 fully saturated rings. The van der Waals surface area contributed by atoms with E-state index in [1.165, 1.54) is 37.8 Å². The van der Waals surface area contributed by atoms with Crippen molar-refractivity contribution in [3.8, 4) is 0 Å². The van der Waals surface area contributed by atoms with Crippen LogP contribution in [0.2, 0.25) is 0 Å². The molecular formula is C14H20FNO. The van der Waals surface area contributed by atoms with Crippen LogP contribution in [0.15, 0.2) is 24.3 Å². The van der Waals surface area contributed by atoms with Gasteiger partial charge in [-0.25, -0.2) is 4.39 Å². The van der Waals surface area contributed by atoms with Crippen LogP contribution in [-0.4, -0.2) is 13.2 Å². The number of halogens is 1. The molecule has 17 heavy (non-hydrogen) atoms. The summed E-state index contributed by atoms with van der Waals surface area (Å²) in [5, 5.41) is 0. The lowest BCUT2D eigenvalue weighted by Gasteiger charge is -2.19. The molecule has 1 aliphatic carbocycles. The van der Waals surface area contributed by atoms with E-state index in [1.54, 1.807) is 12.1 Å². The molecule has 2 rings (SSSR count). The van der Waals surface area contributed by atoms with E-state index in [1.807, 2.05) is 0 Å². The fourth-order valence-corrected chi connectivity index (χ4v) is 2.41. The Kier molecular flexibility index (Phi) is 4.51. The van der Waals surface area contributed by atoms with Crippen LogP contribution in [0.4, 0.5) is 4.39 Å². The van der Waals surface area contributed by atoms with Crippen LogP contribution >= 0.6 is 0 Å². The molecule has 2 N–H and O–H groups in total. The minimum Gasteiger partial charge on any atom is -0.372 e. The molecule has 1 aromatic rings. The zero-order valence-corrected chi connectivity index (χ0v) is 10.1. The molecule has 0 heterocycles. The van der Waals surface area contributed by atoms with Crippen LogP contribution in [-0.2, 0) is 4.74 Å². The number of hydrogen-bond acceptors (Lipinski definition) is 2. The molecular weight excluding hydrogens is 217 g/mol. The minimum absolute atomic E-state index is 0.101. The van der Waals surface area contributed by atoms with E-state index in [0.717, 1.165) is 12.2 Å². The average molecular weight is 237 g/mol. The van der Waals surface area contributed by atoms with Crippen molar-refractivity contribution in [2.24, 2.45) is 11.7 Å². The van der Waals surface area contributed by atoms with E-state index in [-0.39, 0.29) is 11.9 Å². The van der Waals surface area contributed by atoms with Crippen LogP contribution in [0.3, 0.4) is 0 Å². The highest BCUT2D eigenvalue weighted by Gasteiger charge is 2.18. The fourth-order valence-electron chi connectivity index (χ4n) is 2.41. The minimum atomic E-state index is -0.222. The Morgan fingerprint density at radius 3 is 2.47 bits per heavy atom. The summed E-state index contributed by atoms with van der Waals surface area (Å²) in [7, 11) is 0. The lowest BCUT2D eigenvalue weighted by Crippen LogP contribution is -2.18. The molecule has 1 aliphatic rings. The molecule has 2 nitrogen and oxygen atoms in total. The second kappa shape index (κ2) is 6.12. The normalized spacial score (nSPS) is 18.5. The summed E-state index contributed by atoms with van der Waals surface area (Å²) in [6.45, 7) is 1.22. The van der Waals surface area contributed by atoms with Gasteiger partial charge in [0, 0.05) is 6.54 Å². The van der Waals surface area contributed by atoms with Crippen molar-refractivity contribution in [3.05, 3.63) is 35.6 Å². The van der Waals surface area contributed by atoms with Crippen LogP contribution in [0.1, 0.15) is 37.4 Å². The highest BCUT2D eigenvalue weighted by molar-refractivity contribution is 5.19. The molecule has 94 valence electrons. The standard InChI is InChI=1S/C14H20FNO/c15-13-7-5-12(6-8-13)14(9-16)17-10-11-3-1-2-4-11/h5-8,11,14H,1-4,9-10,16H2. The van der Waals surface area contributed by atoms with Gasteiger partial charge in [-0.15, -0.1) is 0 Å². The summed E-state index contributed by atoms with van der Waals surface area (Å²) in [4.78, 5) is 0. The third-order valence-electron chi connectivity index (χ3n) is 3.46. The molecule has 1 unspecified atom stereocenters. The lowest BCUT2D eigenvalue weighted by atomic mass is 10.1. The maximum absolute atomic E-state index is 12.8. The number of ether oxygens (including phenoxy) is 1. The van der Waals surface area contributed by atoms with E-state index in [2.05, 4.69) is 0 Å². The molecule has 0 aliphatic heterocycles. The third kappa shape index (κ3) is 3.51. The van der Waals surface area contributed by atoms with Gasteiger partial charge < -0.3 is 10.5 Å². The number of nitrogens with two attached hydrogens (primary N) is 1. The zero-order valence-electron chi connectivity index (χ0n) is 10.1. The topological polar surface area (TPSA) is 35.2 Å². The molecule has 0 bridgehead atoms. The molecule has 0 spiro atoms. The first kappa shape index (κ1) is 12.5. The summed E-state index contributed by atoms with van der Waals surface area (Å²) < 4.78 is 18.7. The number of rotatable bonds is 5. The van der Waals surface area contributed by atoms with Crippen molar-refractivity contribution in [2.45, 2.75) is 31.8 Å². The first-order chi connectivity index (χ1) is 8.29. The number of benzene rings is 1. The first-order valence-corrected chi connectivity index (χ1v) is 6.36. The summed E-state index contributed by atoms with van der Waals surface area (Å²) in [5.74, 6) is 0.463. The summed E-state index contributed by atoms with van der Waals surface area (Å²) in [6, 6.07) is 6.41. The van der Waals surface area contributed by atoms with Gasteiger partial charge in [-0.3, -0.25) is 0 Å². The molecule has 0 radical (unpaired) electrons. The van der Waals surface area contributed by atoms with E-state index >= 15 is 0 Å². The Bertz CT molecular complexity index is 333. The van der Waals surface area contributed by atoms with Crippen LogP contribution in [0.25, 0.3) is 0 Å². The average Bonchev–Trinajstić information content (AvgIpc) is 2.85. The van der Waals surface area contributed by atoms with Gasteiger partial charge in [0.05, 0.1) is 12.7 Å². The Morgan fingerprint density at radius 2 is 1.88 bits per heavy atom. The maximum Gasteiger partial charge on any atom is 0.123 e. The van der Waals surface area contributed by atoms with Crippen molar-refractivity contribution in [1.29, 1.82) is 0 Å². The monoisotopic (exact) mass is 237 g/mol. The van der Waals surface area contributed by atoms with Crippen molar-refractivity contribution < 1.29 is 9.13 Å².